The number of ether oxygens (including phenoxy) is 1. The van der Waals surface area contributed by atoms with Crippen LogP contribution in [0.4, 0.5) is 0 Å². The zero-order valence-corrected chi connectivity index (χ0v) is 20.4. The summed E-state index contributed by atoms with van der Waals surface area (Å²) >= 11 is 0. The number of aryl methyl sites for hydroxylation is 1. The summed E-state index contributed by atoms with van der Waals surface area (Å²) in [5, 5.41) is 16.9. The van der Waals surface area contributed by atoms with Crippen molar-refractivity contribution in [3.05, 3.63) is 33.3 Å². The van der Waals surface area contributed by atoms with Gasteiger partial charge in [0, 0.05) is 18.7 Å². The van der Waals surface area contributed by atoms with E-state index in [-0.39, 0.29) is 41.5 Å². The summed E-state index contributed by atoms with van der Waals surface area (Å²) in [4.78, 5) is 40.7. The molecule has 2 amide bonds. The van der Waals surface area contributed by atoms with Gasteiger partial charge in [0.25, 0.3) is 5.91 Å². The SMILES string of the molecule is Cc1[nH]n2c(=O)c(C(=O)NC3CC3)c(O)[n+](CC(C)C)c2c1/C=C/C(=O)N1C[C@H](C)OC[C@@H]1C. The third kappa shape index (κ3) is 4.59. The molecule has 0 unspecified atom stereocenters. The van der Waals surface area contributed by atoms with Crippen LogP contribution in [0.25, 0.3) is 11.7 Å². The monoisotopic (exact) mass is 472 g/mol. The van der Waals surface area contributed by atoms with Gasteiger partial charge < -0.3 is 20.1 Å². The number of aromatic amines is 1. The van der Waals surface area contributed by atoms with Gasteiger partial charge in [-0.15, -0.1) is 0 Å². The van der Waals surface area contributed by atoms with Gasteiger partial charge in [-0.05, 0) is 45.6 Å². The Morgan fingerprint density at radius 1 is 1.32 bits per heavy atom. The fraction of sp³-hybridized carbons (Fsp3) is 0.583. The number of aromatic nitrogens is 3. The van der Waals surface area contributed by atoms with E-state index >= 15 is 0 Å². The molecule has 4 rings (SSSR count). The van der Waals surface area contributed by atoms with Crippen molar-refractivity contribution in [2.75, 3.05) is 13.2 Å². The quantitative estimate of drug-likeness (QED) is 0.430. The predicted octanol–water partition coefficient (Wildman–Crippen LogP) is 1.13. The van der Waals surface area contributed by atoms with Gasteiger partial charge in [0.05, 0.1) is 36.6 Å². The van der Waals surface area contributed by atoms with Crippen LogP contribution in [-0.4, -0.2) is 62.8 Å². The average Bonchev–Trinajstić information content (AvgIpc) is 3.51. The van der Waals surface area contributed by atoms with E-state index in [1.54, 1.807) is 22.5 Å². The molecule has 10 nitrogen and oxygen atoms in total. The second-order valence-electron chi connectivity index (χ2n) is 9.88. The fourth-order valence-corrected chi connectivity index (χ4v) is 4.31. The van der Waals surface area contributed by atoms with Crippen molar-refractivity contribution in [2.24, 2.45) is 5.92 Å². The van der Waals surface area contributed by atoms with E-state index in [0.29, 0.717) is 36.6 Å². The number of hydrogen-bond acceptors (Lipinski definition) is 5. The number of morpholine rings is 1. The predicted molar refractivity (Wildman–Crippen MR) is 126 cm³/mol. The van der Waals surface area contributed by atoms with Crippen LogP contribution >= 0.6 is 0 Å². The molecule has 3 N–H and O–H groups in total. The van der Waals surface area contributed by atoms with E-state index in [1.807, 2.05) is 27.7 Å². The van der Waals surface area contributed by atoms with Gasteiger partial charge in [0.1, 0.15) is 0 Å². The number of amides is 2. The first-order valence-corrected chi connectivity index (χ1v) is 11.9. The molecular weight excluding hydrogens is 438 g/mol. The van der Waals surface area contributed by atoms with Crippen LogP contribution in [0.3, 0.4) is 0 Å². The molecule has 0 aromatic carbocycles. The van der Waals surface area contributed by atoms with E-state index in [4.69, 9.17) is 4.74 Å². The van der Waals surface area contributed by atoms with Gasteiger partial charge in [-0.3, -0.25) is 9.59 Å². The molecule has 1 aliphatic carbocycles. The van der Waals surface area contributed by atoms with Crippen molar-refractivity contribution < 1.29 is 24.0 Å². The maximum Gasteiger partial charge on any atom is 0.378 e. The fourth-order valence-electron chi connectivity index (χ4n) is 4.31. The zero-order chi connectivity index (χ0) is 24.7. The molecule has 0 radical (unpaired) electrons. The lowest BCUT2D eigenvalue weighted by atomic mass is 10.1. The Balaban J connectivity index is 1.79. The number of carbonyl (C=O) groups excluding carboxylic acids is 2. The second kappa shape index (κ2) is 9.25. The van der Waals surface area contributed by atoms with E-state index in [0.717, 1.165) is 12.8 Å². The maximum absolute atomic E-state index is 13.2. The molecule has 1 saturated heterocycles. The first-order chi connectivity index (χ1) is 16.1. The van der Waals surface area contributed by atoms with Crippen molar-refractivity contribution in [1.29, 1.82) is 0 Å². The lowest BCUT2D eigenvalue weighted by molar-refractivity contribution is -0.686. The van der Waals surface area contributed by atoms with Crippen LogP contribution in [-0.2, 0) is 16.1 Å². The number of nitrogens with one attached hydrogen (secondary N) is 2. The zero-order valence-electron chi connectivity index (χ0n) is 20.4. The molecule has 2 aromatic rings. The van der Waals surface area contributed by atoms with E-state index in [1.165, 1.54) is 10.6 Å². The number of hydrogen-bond donors (Lipinski definition) is 3. The molecule has 1 aliphatic heterocycles. The number of carbonyl (C=O) groups is 2. The largest absolute Gasteiger partial charge is 0.477 e. The smallest absolute Gasteiger partial charge is 0.378 e. The second-order valence-corrected chi connectivity index (χ2v) is 9.88. The minimum absolute atomic E-state index is 0.0349. The van der Waals surface area contributed by atoms with E-state index in [2.05, 4.69) is 10.4 Å². The Morgan fingerprint density at radius 3 is 2.68 bits per heavy atom. The first kappa shape index (κ1) is 24.0. The molecule has 10 heteroatoms. The summed E-state index contributed by atoms with van der Waals surface area (Å²) in [6.07, 6.45) is 4.85. The number of rotatable bonds is 6. The Kier molecular flexibility index (Phi) is 6.53. The van der Waals surface area contributed by atoms with Crippen LogP contribution in [0, 0.1) is 12.8 Å². The molecule has 34 heavy (non-hydrogen) atoms. The van der Waals surface area contributed by atoms with Crippen molar-refractivity contribution in [1.82, 2.24) is 19.8 Å². The standard InChI is InChI=1S/C24H33N5O5/c1-13(2)10-28-22-18(8-9-19(30)27-11-15(4)34-12-14(27)3)16(5)26-29(22)24(33)20(23(28)32)21(31)25-17-6-7-17/h8-9,13-15,17H,6-7,10-12H2,1-5H3,(H2,25,31,32,33)/p+1/b9-8+/t14-,15-/m0/s1. The lowest BCUT2D eigenvalue weighted by Gasteiger charge is -2.36. The molecule has 0 spiro atoms. The number of nitrogens with zero attached hydrogens (tertiary/aromatic N) is 3. The Bertz CT molecular complexity index is 1210. The highest BCUT2D eigenvalue weighted by molar-refractivity contribution is 5.96. The number of aromatic hydroxyl groups is 1. The molecule has 2 fully saturated rings. The van der Waals surface area contributed by atoms with Gasteiger partial charge in [-0.25, -0.2) is 9.89 Å². The van der Waals surface area contributed by atoms with Gasteiger partial charge in [0.2, 0.25) is 11.5 Å². The summed E-state index contributed by atoms with van der Waals surface area (Å²) in [5.74, 6) is -0.969. The van der Waals surface area contributed by atoms with Gasteiger partial charge in [-0.1, -0.05) is 18.4 Å². The van der Waals surface area contributed by atoms with E-state index in [9.17, 15) is 19.5 Å². The maximum atomic E-state index is 13.2. The highest BCUT2D eigenvalue weighted by atomic mass is 16.5. The van der Waals surface area contributed by atoms with Gasteiger partial charge >= 0.3 is 17.1 Å². The van der Waals surface area contributed by atoms with Crippen LogP contribution in [0.5, 0.6) is 5.88 Å². The lowest BCUT2D eigenvalue weighted by Crippen LogP contribution is -2.49. The first-order valence-electron chi connectivity index (χ1n) is 11.9. The molecule has 2 aromatic heterocycles. The number of H-pyrrole nitrogens is 1. The third-order valence-electron chi connectivity index (χ3n) is 6.26. The van der Waals surface area contributed by atoms with Crippen molar-refractivity contribution >= 4 is 23.5 Å². The third-order valence-corrected chi connectivity index (χ3v) is 6.26. The highest BCUT2D eigenvalue weighted by Crippen LogP contribution is 2.22. The Labute approximate surface area is 198 Å². The van der Waals surface area contributed by atoms with Gasteiger partial charge in [-0.2, -0.15) is 4.57 Å². The van der Waals surface area contributed by atoms with Gasteiger partial charge in [0.15, 0.2) is 0 Å². The average molecular weight is 473 g/mol. The van der Waals surface area contributed by atoms with Crippen molar-refractivity contribution in [3.63, 3.8) is 0 Å². The summed E-state index contributed by atoms with van der Waals surface area (Å²) < 4.78 is 8.46. The summed E-state index contributed by atoms with van der Waals surface area (Å²) in [5.41, 5.74) is 0.735. The van der Waals surface area contributed by atoms with Crippen LogP contribution < -0.4 is 15.4 Å². The normalized spacial score (nSPS) is 21.1. The topological polar surface area (TPSA) is 120 Å². The highest BCUT2D eigenvalue weighted by Gasteiger charge is 2.35. The minimum Gasteiger partial charge on any atom is -0.477 e. The molecule has 2 atom stereocenters. The van der Waals surface area contributed by atoms with Crippen LogP contribution in [0.15, 0.2) is 10.9 Å². The molecule has 1 saturated carbocycles. The molecule has 3 heterocycles. The Morgan fingerprint density at radius 2 is 2.03 bits per heavy atom. The minimum atomic E-state index is -0.629. The molecule has 0 bridgehead atoms. The van der Waals surface area contributed by atoms with Crippen LogP contribution in [0.1, 0.15) is 62.2 Å². The van der Waals surface area contributed by atoms with Crippen molar-refractivity contribution in [2.45, 2.75) is 72.2 Å². The summed E-state index contributed by atoms with van der Waals surface area (Å²) in [7, 11) is 0. The van der Waals surface area contributed by atoms with E-state index < -0.39 is 11.5 Å². The molecule has 184 valence electrons. The molecule has 2 aliphatic rings. The van der Waals surface area contributed by atoms with Crippen molar-refractivity contribution in [3.8, 4) is 5.88 Å². The Hall–Kier alpha value is -3.14. The number of fused-ring (bicyclic) bond motifs is 1. The summed E-state index contributed by atoms with van der Waals surface area (Å²) in [6, 6.07) is 0.00761. The summed E-state index contributed by atoms with van der Waals surface area (Å²) in [6.45, 7) is 11.0. The molecular formula is C24H34N5O5+. The van der Waals surface area contributed by atoms with Crippen LogP contribution in [0.2, 0.25) is 0 Å².